The highest BCUT2D eigenvalue weighted by Crippen LogP contribution is 2.65. The zero-order valence-corrected chi connectivity index (χ0v) is 15.0. The Morgan fingerprint density at radius 1 is 1.20 bits per heavy atom. The first-order valence-corrected chi connectivity index (χ1v) is 8.50. The predicted molar refractivity (Wildman–Crippen MR) is 91.0 cm³/mol. The van der Waals surface area contributed by atoms with E-state index in [1.165, 1.54) is 0 Å². The van der Waals surface area contributed by atoms with Crippen LogP contribution in [-0.2, 0) is 19.1 Å². The summed E-state index contributed by atoms with van der Waals surface area (Å²) in [6.45, 7) is 7.60. The SMILES string of the molecule is CCOC(=O)c1ccccc1NC(=O)[C@@]12CC[C@](C)(C(=O)O1)C2(C)C. The second-order valence-electron chi connectivity index (χ2n) is 7.39. The van der Waals surface area contributed by atoms with Crippen LogP contribution in [0.1, 0.15) is 50.9 Å². The Labute approximate surface area is 146 Å². The summed E-state index contributed by atoms with van der Waals surface area (Å²) < 4.78 is 10.6. The van der Waals surface area contributed by atoms with Crippen molar-refractivity contribution in [1.82, 2.24) is 0 Å². The van der Waals surface area contributed by atoms with E-state index in [2.05, 4.69) is 5.32 Å². The lowest BCUT2D eigenvalue weighted by atomic mass is 9.66. The highest BCUT2D eigenvalue weighted by molar-refractivity contribution is 6.06. The molecular weight excluding hydrogens is 322 g/mol. The van der Waals surface area contributed by atoms with Crippen LogP contribution in [-0.4, -0.2) is 30.1 Å². The Bertz CT molecular complexity index is 756. The Morgan fingerprint density at radius 2 is 1.88 bits per heavy atom. The van der Waals surface area contributed by atoms with Gasteiger partial charge in [0.2, 0.25) is 0 Å². The summed E-state index contributed by atoms with van der Waals surface area (Å²) in [6.07, 6.45) is 1.07. The van der Waals surface area contributed by atoms with E-state index in [0.717, 1.165) is 0 Å². The maximum Gasteiger partial charge on any atom is 0.340 e. The molecule has 2 fully saturated rings. The van der Waals surface area contributed by atoms with Crippen molar-refractivity contribution in [3.63, 3.8) is 0 Å². The fraction of sp³-hybridized carbons (Fsp3) is 0.526. The molecule has 6 nitrogen and oxygen atoms in total. The Morgan fingerprint density at radius 3 is 2.44 bits per heavy atom. The molecule has 2 atom stereocenters. The lowest BCUT2D eigenvalue weighted by molar-refractivity contribution is -0.165. The van der Waals surface area contributed by atoms with Gasteiger partial charge < -0.3 is 14.8 Å². The summed E-state index contributed by atoms with van der Waals surface area (Å²) in [5, 5.41) is 2.79. The third kappa shape index (κ3) is 2.19. The molecule has 6 heteroatoms. The number of carbonyl (C=O) groups excluding carboxylic acids is 3. The number of rotatable bonds is 4. The number of nitrogens with one attached hydrogen (secondary N) is 1. The molecular formula is C19H23NO5. The minimum atomic E-state index is -1.22. The summed E-state index contributed by atoms with van der Waals surface area (Å²) >= 11 is 0. The van der Waals surface area contributed by atoms with E-state index in [-0.39, 0.29) is 18.1 Å². The van der Waals surface area contributed by atoms with Crippen LogP contribution in [0, 0.1) is 10.8 Å². The lowest BCUT2D eigenvalue weighted by Gasteiger charge is -2.35. The van der Waals surface area contributed by atoms with E-state index in [1.54, 1.807) is 31.2 Å². The zero-order valence-electron chi connectivity index (χ0n) is 15.0. The van der Waals surface area contributed by atoms with E-state index in [0.29, 0.717) is 18.5 Å². The maximum atomic E-state index is 13.1. The molecule has 0 aromatic heterocycles. The number of para-hydroxylation sites is 1. The maximum absolute atomic E-state index is 13.1. The lowest BCUT2D eigenvalue weighted by Crippen LogP contribution is -2.50. The van der Waals surface area contributed by atoms with Crippen LogP contribution in [0.4, 0.5) is 5.69 Å². The molecule has 1 saturated heterocycles. The molecule has 2 aliphatic rings. The van der Waals surface area contributed by atoms with Crippen molar-refractivity contribution in [2.24, 2.45) is 10.8 Å². The number of amides is 1. The van der Waals surface area contributed by atoms with Gasteiger partial charge in [-0.1, -0.05) is 26.0 Å². The van der Waals surface area contributed by atoms with Crippen LogP contribution in [0.2, 0.25) is 0 Å². The van der Waals surface area contributed by atoms with Crippen molar-refractivity contribution in [2.75, 3.05) is 11.9 Å². The van der Waals surface area contributed by atoms with Crippen molar-refractivity contribution < 1.29 is 23.9 Å². The van der Waals surface area contributed by atoms with Gasteiger partial charge >= 0.3 is 11.9 Å². The fourth-order valence-electron chi connectivity index (χ4n) is 3.95. The summed E-state index contributed by atoms with van der Waals surface area (Å²) in [5.74, 6) is -1.24. The zero-order chi connectivity index (χ0) is 18.5. The van der Waals surface area contributed by atoms with E-state index in [1.807, 2.05) is 20.8 Å². The van der Waals surface area contributed by atoms with E-state index < -0.39 is 28.3 Å². The first-order chi connectivity index (χ1) is 11.7. The van der Waals surface area contributed by atoms with Crippen molar-refractivity contribution in [1.29, 1.82) is 0 Å². The van der Waals surface area contributed by atoms with Crippen LogP contribution in [0.15, 0.2) is 24.3 Å². The standard InChI is InChI=1S/C19H23NO5/c1-5-24-14(21)12-8-6-7-9-13(12)20-15(22)19-11-10-18(4,16(23)25-19)17(19,2)3/h6-9H,5,10-11H2,1-4H3,(H,20,22)/t18-,19-/m1/s1. The van der Waals surface area contributed by atoms with Crippen molar-refractivity contribution >= 4 is 23.5 Å². The van der Waals surface area contributed by atoms with Gasteiger partial charge in [0.15, 0.2) is 5.60 Å². The van der Waals surface area contributed by atoms with Gasteiger partial charge in [-0.05, 0) is 38.8 Å². The second kappa shape index (κ2) is 5.58. The smallest absolute Gasteiger partial charge is 0.340 e. The number of benzene rings is 1. The third-order valence-electron chi connectivity index (χ3n) is 6.12. The number of ether oxygens (including phenoxy) is 2. The van der Waals surface area contributed by atoms with Crippen LogP contribution < -0.4 is 5.32 Å². The van der Waals surface area contributed by atoms with Crippen LogP contribution >= 0.6 is 0 Å². The van der Waals surface area contributed by atoms with Gasteiger partial charge in [-0.2, -0.15) is 0 Å². The van der Waals surface area contributed by atoms with Crippen molar-refractivity contribution in [3.05, 3.63) is 29.8 Å². The molecule has 1 amide bonds. The minimum absolute atomic E-state index is 0.244. The van der Waals surface area contributed by atoms with Crippen molar-refractivity contribution in [2.45, 2.75) is 46.1 Å². The average Bonchev–Trinajstić information content (AvgIpc) is 2.86. The highest BCUT2D eigenvalue weighted by Gasteiger charge is 2.75. The molecule has 1 saturated carbocycles. The Balaban J connectivity index is 1.92. The third-order valence-corrected chi connectivity index (χ3v) is 6.12. The van der Waals surface area contributed by atoms with Gasteiger partial charge in [-0.3, -0.25) is 9.59 Å². The normalized spacial score (nSPS) is 29.2. The quantitative estimate of drug-likeness (QED) is 0.849. The Kier molecular flexibility index (Phi) is 3.89. The highest BCUT2D eigenvalue weighted by atomic mass is 16.6. The first kappa shape index (κ1) is 17.5. The molecule has 25 heavy (non-hydrogen) atoms. The number of hydrogen-bond acceptors (Lipinski definition) is 5. The molecule has 0 unspecified atom stereocenters. The predicted octanol–water partition coefficient (Wildman–Crippen LogP) is 2.92. The van der Waals surface area contributed by atoms with Crippen LogP contribution in [0.3, 0.4) is 0 Å². The van der Waals surface area contributed by atoms with Crippen molar-refractivity contribution in [3.8, 4) is 0 Å². The first-order valence-electron chi connectivity index (χ1n) is 8.50. The van der Waals surface area contributed by atoms with Gasteiger partial charge in [-0.15, -0.1) is 0 Å². The largest absolute Gasteiger partial charge is 0.462 e. The van der Waals surface area contributed by atoms with Gasteiger partial charge in [-0.25, -0.2) is 4.79 Å². The summed E-state index contributed by atoms with van der Waals surface area (Å²) in [4.78, 5) is 37.5. The Hall–Kier alpha value is -2.37. The van der Waals surface area contributed by atoms with E-state index in [9.17, 15) is 14.4 Å². The molecule has 1 heterocycles. The van der Waals surface area contributed by atoms with Gasteiger partial charge in [0.25, 0.3) is 5.91 Å². The topological polar surface area (TPSA) is 81.7 Å². The molecule has 1 aliphatic carbocycles. The number of anilines is 1. The summed E-state index contributed by atoms with van der Waals surface area (Å²) in [6, 6.07) is 6.65. The van der Waals surface area contributed by atoms with Gasteiger partial charge in [0.1, 0.15) is 0 Å². The summed E-state index contributed by atoms with van der Waals surface area (Å²) in [7, 11) is 0. The number of carbonyl (C=O) groups is 3. The number of esters is 2. The number of hydrogen-bond donors (Lipinski definition) is 1. The van der Waals surface area contributed by atoms with E-state index in [4.69, 9.17) is 9.47 Å². The molecule has 134 valence electrons. The molecule has 3 rings (SSSR count). The van der Waals surface area contributed by atoms with Gasteiger partial charge in [0.05, 0.1) is 23.3 Å². The second-order valence-corrected chi connectivity index (χ2v) is 7.39. The monoisotopic (exact) mass is 345 g/mol. The molecule has 2 bridgehead atoms. The average molecular weight is 345 g/mol. The molecule has 1 aromatic rings. The molecule has 1 N–H and O–H groups in total. The number of fused-ring (bicyclic) bond motifs is 2. The van der Waals surface area contributed by atoms with Crippen LogP contribution in [0.5, 0.6) is 0 Å². The molecule has 0 spiro atoms. The van der Waals surface area contributed by atoms with E-state index >= 15 is 0 Å². The van der Waals surface area contributed by atoms with Crippen LogP contribution in [0.25, 0.3) is 0 Å². The molecule has 1 aromatic carbocycles. The van der Waals surface area contributed by atoms with Gasteiger partial charge in [0, 0.05) is 5.41 Å². The molecule has 0 radical (unpaired) electrons. The minimum Gasteiger partial charge on any atom is -0.462 e. The summed E-state index contributed by atoms with van der Waals surface area (Å²) in [5.41, 5.74) is -1.91. The fourth-order valence-corrected chi connectivity index (χ4v) is 3.95. The molecule has 1 aliphatic heterocycles.